The van der Waals surface area contributed by atoms with Crippen LogP contribution in [0.1, 0.15) is 201 Å². The number of rotatable bonds is 41. The zero-order valence-electron chi connectivity index (χ0n) is 38.1. The second-order valence-electron chi connectivity index (χ2n) is 15.8. The van der Waals surface area contributed by atoms with Crippen LogP contribution in [0.5, 0.6) is 0 Å². The molecule has 0 spiro atoms. The number of aliphatic hydroxyl groups is 2. The molecule has 0 bridgehead atoms. The predicted octanol–water partition coefficient (Wildman–Crippen LogP) is 14.2. The summed E-state index contributed by atoms with van der Waals surface area (Å²) in [6.07, 6.45) is 60.5. The molecule has 3 unspecified atom stereocenters. The third-order valence-electron chi connectivity index (χ3n) is 10.2. The number of allylic oxidation sites excluding steroid dienone is 15. The van der Waals surface area contributed by atoms with Crippen molar-refractivity contribution >= 4 is 11.9 Å². The van der Waals surface area contributed by atoms with E-state index < -0.39 is 18.2 Å². The fourth-order valence-electron chi connectivity index (χ4n) is 6.58. The number of carbonyl (C=O) groups is 2. The smallest absolute Gasteiger partial charge is 0.306 e. The molecule has 6 nitrogen and oxygen atoms in total. The second kappa shape index (κ2) is 45.9. The van der Waals surface area contributed by atoms with Crippen molar-refractivity contribution in [3.8, 4) is 0 Å². The molecule has 0 heterocycles. The van der Waals surface area contributed by atoms with Crippen molar-refractivity contribution in [2.45, 2.75) is 219 Å². The first-order valence-corrected chi connectivity index (χ1v) is 24.0. The molecule has 0 rings (SSSR count). The van der Waals surface area contributed by atoms with Crippen molar-refractivity contribution in [3.63, 3.8) is 0 Å². The molecule has 1 amide bonds. The summed E-state index contributed by atoms with van der Waals surface area (Å²) in [5.41, 5.74) is 0. The lowest BCUT2D eigenvalue weighted by molar-refractivity contribution is -0.150. The molecule has 6 heteroatoms. The van der Waals surface area contributed by atoms with Crippen LogP contribution in [-0.2, 0) is 14.3 Å². The molecule has 0 aliphatic rings. The average molecular weight is 820 g/mol. The highest BCUT2D eigenvalue weighted by molar-refractivity contribution is 5.77. The van der Waals surface area contributed by atoms with Gasteiger partial charge in [0.15, 0.2) is 0 Å². The van der Waals surface area contributed by atoms with Crippen LogP contribution < -0.4 is 5.32 Å². The first-order valence-electron chi connectivity index (χ1n) is 24.0. The van der Waals surface area contributed by atoms with E-state index >= 15 is 0 Å². The number of nitrogens with one attached hydrogen (secondary N) is 1. The van der Waals surface area contributed by atoms with E-state index in [4.69, 9.17) is 4.74 Å². The maximum atomic E-state index is 13.1. The number of hydrogen-bond acceptors (Lipinski definition) is 5. The SMILES string of the molecule is CC/C=C\C/C=C\C/C=C\C/C=C\C/C=C\CC(CC(=O)NC(CO)C(O)CCCCCCCCCCC)OC(=O)CCCCCCCC/C=C/C/C=C/C/C=C/CC. The number of amides is 1. The molecule has 0 aromatic heterocycles. The molecule has 3 atom stereocenters. The van der Waals surface area contributed by atoms with E-state index in [2.05, 4.69) is 111 Å². The summed E-state index contributed by atoms with van der Waals surface area (Å²) in [6, 6.07) is -0.738. The van der Waals surface area contributed by atoms with Gasteiger partial charge in [0.25, 0.3) is 0 Å². The number of hydrogen-bond donors (Lipinski definition) is 3. The van der Waals surface area contributed by atoms with Crippen molar-refractivity contribution in [3.05, 3.63) is 97.2 Å². The topological polar surface area (TPSA) is 95.9 Å². The second-order valence-corrected chi connectivity index (χ2v) is 15.8. The normalized spacial score (nSPS) is 14.2. The van der Waals surface area contributed by atoms with Crippen molar-refractivity contribution in [1.29, 1.82) is 0 Å². The van der Waals surface area contributed by atoms with Crippen LogP contribution in [0.2, 0.25) is 0 Å². The molecular formula is C53H89NO5. The molecule has 0 aromatic carbocycles. The number of unbranched alkanes of at least 4 members (excludes halogenated alkanes) is 14. The quantitative estimate of drug-likeness (QED) is 0.0324. The third kappa shape index (κ3) is 41.3. The van der Waals surface area contributed by atoms with E-state index in [1.807, 2.05) is 12.2 Å². The van der Waals surface area contributed by atoms with Gasteiger partial charge in [-0.3, -0.25) is 9.59 Å². The fourth-order valence-corrected chi connectivity index (χ4v) is 6.58. The Kier molecular flexibility index (Phi) is 43.4. The van der Waals surface area contributed by atoms with Gasteiger partial charge in [-0.2, -0.15) is 0 Å². The Labute approximate surface area is 363 Å². The lowest BCUT2D eigenvalue weighted by Crippen LogP contribution is -2.46. The molecular weight excluding hydrogens is 731 g/mol. The van der Waals surface area contributed by atoms with Gasteiger partial charge in [0.05, 0.1) is 25.2 Å². The summed E-state index contributed by atoms with van der Waals surface area (Å²) >= 11 is 0. The monoisotopic (exact) mass is 820 g/mol. The van der Waals surface area contributed by atoms with Crippen LogP contribution in [0.25, 0.3) is 0 Å². The van der Waals surface area contributed by atoms with Crippen LogP contribution in [0, 0.1) is 0 Å². The Bertz CT molecular complexity index is 1190. The summed E-state index contributed by atoms with van der Waals surface area (Å²) in [4.78, 5) is 26.0. The Balaban J connectivity index is 4.78. The van der Waals surface area contributed by atoms with Crippen LogP contribution in [-0.4, -0.2) is 46.9 Å². The Hall–Kier alpha value is -3.22. The third-order valence-corrected chi connectivity index (χ3v) is 10.2. The van der Waals surface area contributed by atoms with Gasteiger partial charge in [0, 0.05) is 12.8 Å². The molecule has 0 saturated carbocycles. The maximum absolute atomic E-state index is 13.1. The van der Waals surface area contributed by atoms with Gasteiger partial charge in [0.2, 0.25) is 5.91 Å². The van der Waals surface area contributed by atoms with Gasteiger partial charge >= 0.3 is 5.97 Å². The van der Waals surface area contributed by atoms with E-state index in [0.29, 0.717) is 19.3 Å². The molecule has 0 aliphatic heterocycles. The van der Waals surface area contributed by atoms with E-state index in [-0.39, 0.29) is 24.9 Å². The summed E-state index contributed by atoms with van der Waals surface area (Å²) in [5, 5.41) is 23.6. The van der Waals surface area contributed by atoms with E-state index in [1.165, 1.54) is 51.4 Å². The highest BCUT2D eigenvalue weighted by Gasteiger charge is 2.23. The number of ether oxygens (including phenoxy) is 1. The minimum atomic E-state index is -0.817. The van der Waals surface area contributed by atoms with Gasteiger partial charge in [-0.25, -0.2) is 0 Å². The van der Waals surface area contributed by atoms with Crippen molar-refractivity contribution in [2.24, 2.45) is 0 Å². The first kappa shape index (κ1) is 55.8. The lowest BCUT2D eigenvalue weighted by atomic mass is 10.0. The number of carbonyl (C=O) groups excluding carboxylic acids is 2. The summed E-state index contributed by atoms with van der Waals surface area (Å²) < 4.78 is 5.85. The van der Waals surface area contributed by atoms with E-state index in [0.717, 1.165) is 103 Å². The molecule has 59 heavy (non-hydrogen) atoms. The van der Waals surface area contributed by atoms with Crippen LogP contribution in [0.3, 0.4) is 0 Å². The van der Waals surface area contributed by atoms with Gasteiger partial charge in [-0.15, -0.1) is 0 Å². The summed E-state index contributed by atoms with van der Waals surface area (Å²) in [5.74, 6) is -0.605. The van der Waals surface area contributed by atoms with Crippen LogP contribution in [0.15, 0.2) is 97.2 Å². The van der Waals surface area contributed by atoms with E-state index in [1.54, 1.807) is 0 Å². The van der Waals surface area contributed by atoms with Gasteiger partial charge in [0.1, 0.15) is 6.10 Å². The highest BCUT2D eigenvalue weighted by Crippen LogP contribution is 2.15. The largest absolute Gasteiger partial charge is 0.461 e. The van der Waals surface area contributed by atoms with Gasteiger partial charge in [-0.05, 0) is 77.0 Å². The standard InChI is InChI=1S/C53H89NO5/c1-4-7-10-13-16-19-21-23-25-27-29-31-34-37-40-43-46-53(58)59-49(44-41-38-35-33-30-28-26-24-22-20-17-14-11-8-5-2)47-52(57)54-50(48-55)51(56)45-42-39-36-32-18-15-12-9-6-3/h7-8,10-11,16-17,19-20,23-26,30,33,38,41,49-51,55-56H,4-6,9,12-15,18,21-22,27-29,31-32,34-37,39-40,42-48H2,1-3H3,(H,54,57)/b10-7+,11-8-,19-16+,20-17-,25-23+,26-24-,33-30-,41-38-. The average Bonchev–Trinajstić information content (AvgIpc) is 3.23. The highest BCUT2D eigenvalue weighted by atomic mass is 16.5. The minimum absolute atomic E-state index is 0.0116. The van der Waals surface area contributed by atoms with Crippen molar-refractivity contribution in [1.82, 2.24) is 5.32 Å². The first-order chi connectivity index (χ1) is 29.0. The Morgan fingerprint density at radius 1 is 0.525 bits per heavy atom. The predicted molar refractivity (Wildman–Crippen MR) is 254 cm³/mol. The molecule has 0 radical (unpaired) electrons. The molecule has 3 N–H and O–H groups in total. The summed E-state index contributed by atoms with van der Waals surface area (Å²) in [6.45, 7) is 6.19. The Morgan fingerprint density at radius 3 is 1.44 bits per heavy atom. The van der Waals surface area contributed by atoms with Crippen molar-refractivity contribution < 1.29 is 24.5 Å². The maximum Gasteiger partial charge on any atom is 0.306 e. The fraction of sp³-hybridized carbons (Fsp3) is 0.660. The minimum Gasteiger partial charge on any atom is -0.461 e. The van der Waals surface area contributed by atoms with E-state index in [9.17, 15) is 19.8 Å². The lowest BCUT2D eigenvalue weighted by Gasteiger charge is -2.24. The zero-order valence-corrected chi connectivity index (χ0v) is 38.1. The molecule has 0 aromatic rings. The number of esters is 1. The number of aliphatic hydroxyl groups excluding tert-OH is 2. The Morgan fingerprint density at radius 2 is 0.949 bits per heavy atom. The molecule has 0 aliphatic carbocycles. The van der Waals surface area contributed by atoms with Crippen molar-refractivity contribution in [2.75, 3.05) is 6.61 Å². The molecule has 0 saturated heterocycles. The molecule has 336 valence electrons. The summed E-state index contributed by atoms with van der Waals surface area (Å²) in [7, 11) is 0. The van der Waals surface area contributed by atoms with Gasteiger partial charge < -0.3 is 20.3 Å². The molecule has 0 fully saturated rings. The van der Waals surface area contributed by atoms with Crippen LogP contribution >= 0.6 is 0 Å². The zero-order chi connectivity index (χ0) is 43.1. The van der Waals surface area contributed by atoms with Gasteiger partial charge in [-0.1, -0.05) is 201 Å². The van der Waals surface area contributed by atoms with Crippen LogP contribution in [0.4, 0.5) is 0 Å².